The summed E-state index contributed by atoms with van der Waals surface area (Å²) in [5, 5.41) is 13.1. The molecule has 1 amide bonds. The molecule has 0 saturated heterocycles. The highest BCUT2D eigenvalue weighted by Crippen LogP contribution is 2.25. The minimum atomic E-state index is -0.656. The average molecular weight is 283 g/mol. The molecular formula is C13H18FN3O3. The molecule has 110 valence electrons. The standard InChI is InChI=1S/C13H18FN3O3/c14-10-6-7-12(17(19)20)11(9-10)16-13(18)5-3-1-2-4-8-15/h6-7,9H,1-5,8,15H2,(H,16,18). The van der Waals surface area contributed by atoms with E-state index in [1.165, 1.54) is 0 Å². The third kappa shape index (κ3) is 5.31. The number of amides is 1. The molecule has 1 aromatic carbocycles. The van der Waals surface area contributed by atoms with Crippen LogP contribution in [0.15, 0.2) is 18.2 Å². The number of carbonyl (C=O) groups excluding carboxylic acids is 1. The topological polar surface area (TPSA) is 98.3 Å². The Morgan fingerprint density at radius 3 is 2.65 bits per heavy atom. The minimum absolute atomic E-state index is 0.109. The van der Waals surface area contributed by atoms with Gasteiger partial charge in [-0.3, -0.25) is 14.9 Å². The van der Waals surface area contributed by atoms with Gasteiger partial charge in [-0.25, -0.2) is 4.39 Å². The molecule has 3 N–H and O–H groups in total. The second-order valence-corrected chi connectivity index (χ2v) is 4.42. The Morgan fingerprint density at radius 1 is 1.30 bits per heavy atom. The molecule has 6 nitrogen and oxygen atoms in total. The first-order chi connectivity index (χ1) is 9.54. The van der Waals surface area contributed by atoms with Crippen LogP contribution in [0.25, 0.3) is 0 Å². The second kappa shape index (κ2) is 8.21. The summed E-state index contributed by atoms with van der Waals surface area (Å²) in [6.45, 7) is 0.627. The van der Waals surface area contributed by atoms with Gasteiger partial charge in [0.1, 0.15) is 11.5 Å². The van der Waals surface area contributed by atoms with Crippen LogP contribution in [0.1, 0.15) is 32.1 Å². The predicted octanol–water partition coefficient (Wildman–Crippen LogP) is 2.58. The van der Waals surface area contributed by atoms with Gasteiger partial charge in [0.15, 0.2) is 0 Å². The number of nitro benzene ring substituents is 1. The molecule has 0 saturated carbocycles. The first-order valence-corrected chi connectivity index (χ1v) is 6.48. The van der Waals surface area contributed by atoms with Crippen LogP contribution in [-0.2, 0) is 4.79 Å². The van der Waals surface area contributed by atoms with Gasteiger partial charge in [-0.1, -0.05) is 12.8 Å². The second-order valence-electron chi connectivity index (χ2n) is 4.42. The van der Waals surface area contributed by atoms with Gasteiger partial charge in [0.25, 0.3) is 5.69 Å². The van der Waals surface area contributed by atoms with Crippen molar-refractivity contribution in [1.82, 2.24) is 0 Å². The molecule has 0 radical (unpaired) electrons. The largest absolute Gasteiger partial charge is 0.330 e. The van der Waals surface area contributed by atoms with Crippen molar-refractivity contribution in [2.75, 3.05) is 11.9 Å². The van der Waals surface area contributed by atoms with Crippen molar-refractivity contribution in [1.29, 1.82) is 0 Å². The first-order valence-electron chi connectivity index (χ1n) is 6.48. The fraction of sp³-hybridized carbons (Fsp3) is 0.462. The smallest absolute Gasteiger partial charge is 0.292 e. The number of hydrogen-bond acceptors (Lipinski definition) is 4. The van der Waals surface area contributed by atoms with Crippen LogP contribution in [0.4, 0.5) is 15.8 Å². The minimum Gasteiger partial charge on any atom is -0.330 e. The van der Waals surface area contributed by atoms with Crippen molar-refractivity contribution in [2.45, 2.75) is 32.1 Å². The van der Waals surface area contributed by atoms with E-state index in [2.05, 4.69) is 5.32 Å². The zero-order valence-electron chi connectivity index (χ0n) is 11.1. The lowest BCUT2D eigenvalue weighted by Crippen LogP contribution is -2.12. The number of nitrogens with zero attached hydrogens (tertiary/aromatic N) is 1. The highest BCUT2D eigenvalue weighted by molar-refractivity contribution is 5.93. The summed E-state index contributed by atoms with van der Waals surface area (Å²) in [4.78, 5) is 21.8. The Kier molecular flexibility index (Phi) is 6.58. The molecule has 1 rings (SSSR count). The molecule has 0 bridgehead atoms. The summed E-state index contributed by atoms with van der Waals surface area (Å²) in [7, 11) is 0. The molecule has 0 heterocycles. The van der Waals surface area contributed by atoms with E-state index >= 15 is 0 Å². The number of carbonyl (C=O) groups is 1. The van der Waals surface area contributed by atoms with Crippen LogP contribution in [0.2, 0.25) is 0 Å². The summed E-state index contributed by atoms with van der Waals surface area (Å²) in [6, 6.07) is 2.97. The van der Waals surface area contributed by atoms with Gasteiger partial charge in [0.05, 0.1) is 4.92 Å². The molecule has 0 fully saturated rings. The SMILES string of the molecule is NCCCCCCC(=O)Nc1cc(F)ccc1[N+](=O)[O-]. The maximum atomic E-state index is 13.1. The lowest BCUT2D eigenvalue weighted by atomic mass is 10.1. The van der Waals surface area contributed by atoms with Crippen LogP contribution in [0.5, 0.6) is 0 Å². The van der Waals surface area contributed by atoms with E-state index in [1.807, 2.05) is 0 Å². The number of halogens is 1. The quantitative estimate of drug-likeness (QED) is 0.435. The van der Waals surface area contributed by atoms with Gasteiger partial charge in [0, 0.05) is 18.6 Å². The van der Waals surface area contributed by atoms with E-state index in [9.17, 15) is 19.3 Å². The molecule has 0 aliphatic carbocycles. The van der Waals surface area contributed by atoms with Gasteiger partial charge in [0.2, 0.25) is 5.91 Å². The van der Waals surface area contributed by atoms with Crippen molar-refractivity contribution >= 4 is 17.3 Å². The van der Waals surface area contributed by atoms with Crippen LogP contribution in [0, 0.1) is 15.9 Å². The number of rotatable bonds is 8. The molecule has 0 aliphatic rings. The van der Waals surface area contributed by atoms with Gasteiger partial charge in [-0.05, 0) is 25.5 Å². The third-order valence-electron chi connectivity index (χ3n) is 2.79. The number of nitrogens with two attached hydrogens (primary N) is 1. The highest BCUT2D eigenvalue weighted by Gasteiger charge is 2.16. The fourth-order valence-corrected chi connectivity index (χ4v) is 1.76. The van der Waals surface area contributed by atoms with Crippen LogP contribution in [-0.4, -0.2) is 17.4 Å². The molecule has 1 aromatic rings. The molecular weight excluding hydrogens is 265 g/mol. The predicted molar refractivity (Wildman–Crippen MR) is 73.8 cm³/mol. The number of hydrogen-bond donors (Lipinski definition) is 2. The number of unbranched alkanes of at least 4 members (excludes halogenated alkanes) is 3. The highest BCUT2D eigenvalue weighted by atomic mass is 19.1. The number of benzene rings is 1. The Morgan fingerprint density at radius 2 is 2.00 bits per heavy atom. The summed E-state index contributed by atoms with van der Waals surface area (Å²) in [5.41, 5.74) is 4.93. The van der Waals surface area contributed by atoms with Crippen molar-refractivity contribution in [2.24, 2.45) is 5.73 Å². The maximum Gasteiger partial charge on any atom is 0.292 e. The van der Waals surface area contributed by atoms with E-state index in [0.717, 1.165) is 37.5 Å². The lowest BCUT2D eigenvalue weighted by molar-refractivity contribution is -0.384. The Bertz CT molecular complexity index is 480. The number of nitrogens with one attached hydrogen (secondary N) is 1. The van der Waals surface area contributed by atoms with Crippen LogP contribution in [0.3, 0.4) is 0 Å². The van der Waals surface area contributed by atoms with E-state index < -0.39 is 10.7 Å². The van der Waals surface area contributed by atoms with Crippen LogP contribution < -0.4 is 11.1 Å². The van der Waals surface area contributed by atoms with Crippen molar-refractivity contribution in [3.63, 3.8) is 0 Å². The third-order valence-corrected chi connectivity index (χ3v) is 2.79. The number of anilines is 1. The summed E-state index contributed by atoms with van der Waals surface area (Å²) >= 11 is 0. The monoisotopic (exact) mass is 283 g/mol. The Balaban J connectivity index is 2.53. The number of nitro groups is 1. The van der Waals surface area contributed by atoms with Gasteiger partial charge in [-0.15, -0.1) is 0 Å². The van der Waals surface area contributed by atoms with Crippen molar-refractivity contribution in [3.8, 4) is 0 Å². The summed E-state index contributed by atoms with van der Waals surface area (Å²) < 4.78 is 13.1. The van der Waals surface area contributed by atoms with E-state index in [1.54, 1.807) is 0 Å². The lowest BCUT2D eigenvalue weighted by Gasteiger charge is -2.06. The Hall–Kier alpha value is -2.02. The van der Waals surface area contributed by atoms with Gasteiger partial charge < -0.3 is 11.1 Å². The van der Waals surface area contributed by atoms with Crippen molar-refractivity contribution in [3.05, 3.63) is 34.1 Å². The summed E-state index contributed by atoms with van der Waals surface area (Å²) in [6.07, 6.45) is 3.66. The molecule has 0 aliphatic heterocycles. The zero-order valence-corrected chi connectivity index (χ0v) is 11.1. The molecule has 0 spiro atoms. The Labute approximate surface area is 116 Å². The molecule has 0 unspecified atom stereocenters. The molecule has 0 aromatic heterocycles. The molecule has 7 heteroatoms. The van der Waals surface area contributed by atoms with E-state index in [0.29, 0.717) is 13.0 Å². The van der Waals surface area contributed by atoms with E-state index in [4.69, 9.17) is 5.73 Å². The van der Waals surface area contributed by atoms with Gasteiger partial charge >= 0.3 is 0 Å². The van der Waals surface area contributed by atoms with Crippen LogP contribution >= 0.6 is 0 Å². The average Bonchev–Trinajstić information content (AvgIpc) is 2.38. The summed E-state index contributed by atoms with van der Waals surface area (Å²) in [5.74, 6) is -0.986. The molecule has 0 atom stereocenters. The van der Waals surface area contributed by atoms with Gasteiger partial charge in [-0.2, -0.15) is 0 Å². The van der Waals surface area contributed by atoms with E-state index in [-0.39, 0.29) is 23.7 Å². The zero-order chi connectivity index (χ0) is 15.0. The fourth-order valence-electron chi connectivity index (χ4n) is 1.76. The first kappa shape index (κ1) is 16.0. The molecule has 20 heavy (non-hydrogen) atoms. The van der Waals surface area contributed by atoms with Crippen molar-refractivity contribution < 1.29 is 14.1 Å². The maximum absolute atomic E-state index is 13.1. The normalized spacial score (nSPS) is 10.3.